The van der Waals surface area contributed by atoms with Crippen LogP contribution >= 0.6 is 0 Å². The van der Waals surface area contributed by atoms with E-state index in [-0.39, 0.29) is 12.1 Å². The van der Waals surface area contributed by atoms with Crippen LogP contribution in [0.2, 0.25) is 0 Å². The third-order valence-electron chi connectivity index (χ3n) is 7.49. The largest absolute Gasteiger partial charge is 0.356 e. The lowest BCUT2D eigenvalue weighted by atomic mass is 10.1. The van der Waals surface area contributed by atoms with Gasteiger partial charge in [0.05, 0.1) is 46.1 Å². The van der Waals surface area contributed by atoms with Crippen molar-refractivity contribution in [3.63, 3.8) is 0 Å². The molecule has 0 bridgehead atoms. The molecule has 214 valence electrons. The van der Waals surface area contributed by atoms with Gasteiger partial charge in [-0.1, -0.05) is 12.1 Å². The number of ether oxygens (including phenoxy) is 1. The second-order valence-corrected chi connectivity index (χ2v) is 10.7. The van der Waals surface area contributed by atoms with Crippen LogP contribution < -0.4 is 10.6 Å². The summed E-state index contributed by atoms with van der Waals surface area (Å²) in [6.07, 6.45) is 8.78. The van der Waals surface area contributed by atoms with Crippen molar-refractivity contribution >= 4 is 40.3 Å². The highest BCUT2D eigenvalue weighted by atomic mass is 16.5. The maximum Gasteiger partial charge on any atom is 0.253 e. The predicted molar refractivity (Wildman–Crippen MR) is 165 cm³/mol. The Morgan fingerprint density at radius 1 is 1.05 bits per heavy atom. The van der Waals surface area contributed by atoms with Crippen molar-refractivity contribution < 1.29 is 9.53 Å². The number of aryl methyl sites for hydroxylation is 3. The molecule has 0 radical (unpaired) electrons. The number of nitrogens with zero attached hydrogens (tertiary/aromatic N) is 5. The zero-order valence-corrected chi connectivity index (χ0v) is 24.2. The van der Waals surface area contributed by atoms with Gasteiger partial charge < -0.3 is 15.4 Å². The number of hydrogen-bond acceptors (Lipinski definition) is 6. The summed E-state index contributed by atoms with van der Waals surface area (Å²) in [5.74, 6) is -0.157. The minimum absolute atomic E-state index is 0.121. The molecule has 6 rings (SSSR count). The van der Waals surface area contributed by atoms with Gasteiger partial charge in [0.25, 0.3) is 5.91 Å². The van der Waals surface area contributed by atoms with Crippen LogP contribution in [0.4, 0.5) is 11.4 Å². The van der Waals surface area contributed by atoms with Crippen LogP contribution in [0.25, 0.3) is 23.1 Å². The Morgan fingerprint density at radius 3 is 2.71 bits per heavy atom. The van der Waals surface area contributed by atoms with E-state index in [1.807, 2.05) is 85.5 Å². The van der Waals surface area contributed by atoms with Gasteiger partial charge in [-0.3, -0.25) is 14.5 Å². The van der Waals surface area contributed by atoms with E-state index >= 15 is 0 Å². The van der Waals surface area contributed by atoms with Crippen molar-refractivity contribution in [3.05, 3.63) is 101 Å². The molecule has 1 amide bonds. The fourth-order valence-electron chi connectivity index (χ4n) is 5.35. The van der Waals surface area contributed by atoms with Crippen molar-refractivity contribution in [2.75, 3.05) is 11.9 Å². The first-order chi connectivity index (χ1) is 20.4. The van der Waals surface area contributed by atoms with Crippen LogP contribution in [0.1, 0.15) is 64.2 Å². The van der Waals surface area contributed by atoms with E-state index in [9.17, 15) is 4.79 Å². The van der Waals surface area contributed by atoms with Gasteiger partial charge in [-0.15, -0.1) is 0 Å². The zero-order chi connectivity index (χ0) is 29.1. The van der Waals surface area contributed by atoms with Gasteiger partial charge in [0.2, 0.25) is 0 Å². The smallest absolute Gasteiger partial charge is 0.253 e. The van der Waals surface area contributed by atoms with Crippen molar-refractivity contribution in [3.8, 4) is 0 Å². The topological polar surface area (TPSA) is 98.9 Å². The zero-order valence-electron chi connectivity index (χ0n) is 24.2. The summed E-state index contributed by atoms with van der Waals surface area (Å²) >= 11 is 0. The van der Waals surface area contributed by atoms with Crippen molar-refractivity contribution in [2.45, 2.75) is 45.9 Å². The molecule has 1 fully saturated rings. The third-order valence-corrected chi connectivity index (χ3v) is 7.49. The average Bonchev–Trinajstić information content (AvgIpc) is 3.53. The van der Waals surface area contributed by atoms with Gasteiger partial charge in [0, 0.05) is 30.9 Å². The van der Waals surface area contributed by atoms with Gasteiger partial charge in [0.1, 0.15) is 0 Å². The molecule has 1 aliphatic heterocycles. The minimum Gasteiger partial charge on any atom is -0.356 e. The Hall–Kier alpha value is -4.76. The highest BCUT2D eigenvalue weighted by molar-refractivity contribution is 6.00. The molecular formula is C33H35N7O2. The molecule has 9 nitrogen and oxygen atoms in total. The average molecular weight is 562 g/mol. The molecule has 9 heteroatoms. The molecule has 0 saturated carbocycles. The van der Waals surface area contributed by atoms with E-state index in [2.05, 4.69) is 39.8 Å². The SMILES string of the molecule is Cc1ccnc(/C=C/c2nn(C3CCCCO3)c3cc(Nc4ccccc4C(=O)NCc4cc(C)nn4C)ccc23)c1. The molecule has 2 aromatic carbocycles. The highest BCUT2D eigenvalue weighted by Gasteiger charge is 2.21. The number of nitrogens with one attached hydrogen (secondary N) is 2. The number of amides is 1. The molecule has 0 spiro atoms. The first-order valence-corrected chi connectivity index (χ1v) is 14.3. The molecule has 42 heavy (non-hydrogen) atoms. The van der Waals surface area contributed by atoms with Crippen LogP contribution in [-0.2, 0) is 18.3 Å². The van der Waals surface area contributed by atoms with Gasteiger partial charge in [-0.25, -0.2) is 4.68 Å². The summed E-state index contributed by atoms with van der Waals surface area (Å²) < 4.78 is 9.91. The molecule has 2 N–H and O–H groups in total. The molecule has 1 aliphatic rings. The van der Waals surface area contributed by atoms with Gasteiger partial charge in [0.15, 0.2) is 6.23 Å². The molecule has 5 aromatic rings. The molecule has 4 heterocycles. The lowest BCUT2D eigenvalue weighted by Crippen LogP contribution is -2.24. The fraction of sp³-hybridized carbons (Fsp3) is 0.273. The summed E-state index contributed by atoms with van der Waals surface area (Å²) in [6, 6.07) is 19.7. The lowest BCUT2D eigenvalue weighted by molar-refractivity contribution is -0.0367. The molecule has 1 atom stereocenters. The van der Waals surface area contributed by atoms with E-state index in [4.69, 9.17) is 9.84 Å². The number of para-hydroxylation sites is 1. The van der Waals surface area contributed by atoms with E-state index in [0.717, 1.165) is 76.5 Å². The molecule has 1 saturated heterocycles. The Kier molecular flexibility index (Phi) is 7.83. The molecule has 1 unspecified atom stereocenters. The van der Waals surface area contributed by atoms with E-state index in [0.29, 0.717) is 12.1 Å². The number of carbonyl (C=O) groups is 1. The summed E-state index contributed by atoms with van der Waals surface area (Å²) in [4.78, 5) is 17.7. The number of pyridine rings is 1. The van der Waals surface area contributed by atoms with E-state index in [1.54, 1.807) is 4.68 Å². The number of anilines is 2. The van der Waals surface area contributed by atoms with Gasteiger partial charge in [-0.05, 0) is 99.4 Å². The minimum atomic E-state index is -0.157. The van der Waals surface area contributed by atoms with Crippen LogP contribution in [0.5, 0.6) is 0 Å². The first-order valence-electron chi connectivity index (χ1n) is 14.3. The summed E-state index contributed by atoms with van der Waals surface area (Å²) in [7, 11) is 1.88. The third kappa shape index (κ3) is 5.96. The summed E-state index contributed by atoms with van der Waals surface area (Å²) in [5, 5.41) is 16.9. The number of fused-ring (bicyclic) bond motifs is 1. The Bertz CT molecular complexity index is 1760. The lowest BCUT2D eigenvalue weighted by Gasteiger charge is -2.23. The van der Waals surface area contributed by atoms with Crippen LogP contribution in [0.15, 0.2) is 66.9 Å². The van der Waals surface area contributed by atoms with E-state index in [1.165, 1.54) is 0 Å². The normalized spacial score (nSPS) is 15.4. The van der Waals surface area contributed by atoms with Crippen molar-refractivity contribution in [1.82, 2.24) is 29.9 Å². The second kappa shape index (κ2) is 12.0. The summed E-state index contributed by atoms with van der Waals surface area (Å²) in [6.45, 7) is 5.12. The monoisotopic (exact) mass is 561 g/mol. The Morgan fingerprint density at radius 2 is 1.93 bits per heavy atom. The maximum atomic E-state index is 13.2. The standard InChI is InChI=1S/C33H35N7O2/c1-22-15-16-34-24(18-22)12-14-30-27-13-11-25(20-31(27)40(38-30)32-10-6-7-17-42-32)36-29-9-5-4-8-28(29)33(41)35-21-26-19-23(2)37-39(26)3/h4-5,8-9,11-16,18-20,32,36H,6-7,10,17,21H2,1-3H3,(H,35,41)/b14-12+. The van der Waals surface area contributed by atoms with E-state index < -0.39 is 0 Å². The molecule has 0 aliphatic carbocycles. The number of rotatable bonds is 8. The number of aromatic nitrogens is 5. The number of carbonyl (C=O) groups excluding carboxylic acids is 1. The quantitative estimate of drug-likeness (QED) is 0.230. The maximum absolute atomic E-state index is 13.2. The predicted octanol–water partition coefficient (Wildman–Crippen LogP) is 6.32. The number of benzene rings is 2. The summed E-state index contributed by atoms with van der Waals surface area (Å²) in [5.41, 5.74) is 7.89. The molecular weight excluding hydrogens is 526 g/mol. The van der Waals surface area contributed by atoms with Crippen LogP contribution in [-0.4, -0.2) is 37.1 Å². The van der Waals surface area contributed by atoms with Crippen LogP contribution in [0.3, 0.4) is 0 Å². The molecule has 3 aromatic heterocycles. The fourth-order valence-corrected chi connectivity index (χ4v) is 5.35. The first kappa shape index (κ1) is 27.4. The van der Waals surface area contributed by atoms with Gasteiger partial charge >= 0.3 is 0 Å². The highest BCUT2D eigenvalue weighted by Crippen LogP contribution is 2.32. The van der Waals surface area contributed by atoms with Crippen molar-refractivity contribution in [2.24, 2.45) is 7.05 Å². The van der Waals surface area contributed by atoms with Crippen LogP contribution in [0, 0.1) is 13.8 Å². The Labute approximate surface area is 245 Å². The second-order valence-electron chi connectivity index (χ2n) is 10.7. The Balaban J connectivity index is 1.29. The number of hydrogen-bond donors (Lipinski definition) is 2. The van der Waals surface area contributed by atoms with Crippen molar-refractivity contribution in [1.29, 1.82) is 0 Å². The van der Waals surface area contributed by atoms with Gasteiger partial charge in [-0.2, -0.15) is 10.2 Å².